The second kappa shape index (κ2) is 7.20. The molecule has 0 spiro atoms. The van der Waals surface area contributed by atoms with E-state index in [0.717, 1.165) is 18.4 Å². The zero-order valence-electron chi connectivity index (χ0n) is 14.6. The van der Waals surface area contributed by atoms with Crippen molar-refractivity contribution in [2.45, 2.75) is 25.4 Å². The van der Waals surface area contributed by atoms with Crippen molar-refractivity contribution in [3.63, 3.8) is 0 Å². The number of hydrogen-bond acceptors (Lipinski definition) is 7. The van der Waals surface area contributed by atoms with E-state index in [9.17, 15) is 9.59 Å². The number of aromatic amines is 1. The maximum absolute atomic E-state index is 12.5. The maximum atomic E-state index is 12.5. The SMILES string of the molecule is NC1CCCN(C(=O)c2cnc(NCc3cccc4[nH]c(=O)oc34)cn2)C1. The predicted molar refractivity (Wildman–Crippen MR) is 99.3 cm³/mol. The molecule has 9 heteroatoms. The van der Waals surface area contributed by atoms with E-state index in [1.807, 2.05) is 12.1 Å². The summed E-state index contributed by atoms with van der Waals surface area (Å²) in [7, 11) is 0. The number of anilines is 1. The molecule has 1 aromatic carbocycles. The first kappa shape index (κ1) is 17.2. The summed E-state index contributed by atoms with van der Waals surface area (Å²) < 4.78 is 5.17. The average Bonchev–Trinajstić information content (AvgIpc) is 3.07. The quantitative estimate of drug-likeness (QED) is 0.628. The van der Waals surface area contributed by atoms with Gasteiger partial charge in [-0.15, -0.1) is 0 Å². The molecule has 1 fully saturated rings. The van der Waals surface area contributed by atoms with Gasteiger partial charge in [0.25, 0.3) is 5.91 Å². The second-order valence-corrected chi connectivity index (χ2v) is 6.60. The summed E-state index contributed by atoms with van der Waals surface area (Å²) in [5.41, 5.74) is 8.20. The van der Waals surface area contributed by atoms with Crippen molar-refractivity contribution in [3.8, 4) is 0 Å². The van der Waals surface area contributed by atoms with E-state index < -0.39 is 5.76 Å². The van der Waals surface area contributed by atoms with Gasteiger partial charge in [0.15, 0.2) is 5.58 Å². The van der Waals surface area contributed by atoms with Gasteiger partial charge in [0, 0.05) is 31.2 Å². The van der Waals surface area contributed by atoms with E-state index in [4.69, 9.17) is 10.2 Å². The smallest absolute Gasteiger partial charge is 0.407 e. The normalized spacial score (nSPS) is 17.2. The molecular weight excluding hydrogens is 348 g/mol. The van der Waals surface area contributed by atoms with Crippen molar-refractivity contribution < 1.29 is 9.21 Å². The van der Waals surface area contributed by atoms with Crippen LogP contribution in [-0.2, 0) is 6.54 Å². The molecule has 3 aromatic rings. The zero-order chi connectivity index (χ0) is 18.8. The van der Waals surface area contributed by atoms with Crippen LogP contribution >= 0.6 is 0 Å². The third-order valence-corrected chi connectivity index (χ3v) is 4.60. The highest BCUT2D eigenvalue weighted by atomic mass is 16.4. The lowest BCUT2D eigenvalue weighted by molar-refractivity contribution is 0.0702. The number of carbonyl (C=O) groups excluding carboxylic acids is 1. The highest BCUT2D eigenvalue weighted by Gasteiger charge is 2.23. The van der Waals surface area contributed by atoms with E-state index in [-0.39, 0.29) is 11.9 Å². The third kappa shape index (κ3) is 3.68. The fraction of sp³-hybridized carbons (Fsp3) is 0.333. The lowest BCUT2D eigenvalue weighted by Gasteiger charge is -2.30. The number of fused-ring (bicyclic) bond motifs is 1. The number of rotatable bonds is 4. The Morgan fingerprint density at radius 3 is 3.04 bits per heavy atom. The molecule has 1 aliphatic heterocycles. The number of oxazole rings is 1. The molecule has 140 valence electrons. The summed E-state index contributed by atoms with van der Waals surface area (Å²) in [6.07, 6.45) is 4.82. The predicted octanol–water partition coefficient (Wildman–Crippen LogP) is 1.09. The Hall–Kier alpha value is -3.20. The lowest BCUT2D eigenvalue weighted by Crippen LogP contribution is -2.45. The van der Waals surface area contributed by atoms with Crippen LogP contribution < -0.4 is 16.8 Å². The van der Waals surface area contributed by atoms with Crippen molar-refractivity contribution in [2.24, 2.45) is 5.73 Å². The number of nitrogens with two attached hydrogens (primary N) is 1. The van der Waals surface area contributed by atoms with Crippen molar-refractivity contribution in [1.82, 2.24) is 19.9 Å². The number of H-pyrrole nitrogens is 1. The molecule has 1 amide bonds. The third-order valence-electron chi connectivity index (χ3n) is 4.60. The number of hydrogen-bond donors (Lipinski definition) is 3. The van der Waals surface area contributed by atoms with Gasteiger partial charge in [-0.25, -0.2) is 14.8 Å². The van der Waals surface area contributed by atoms with Gasteiger partial charge in [-0.1, -0.05) is 12.1 Å². The van der Waals surface area contributed by atoms with Gasteiger partial charge in [0.05, 0.1) is 17.9 Å². The average molecular weight is 368 g/mol. The summed E-state index contributed by atoms with van der Waals surface area (Å²) >= 11 is 0. The van der Waals surface area contributed by atoms with Crippen LogP contribution in [0.15, 0.2) is 39.8 Å². The first-order valence-corrected chi connectivity index (χ1v) is 8.81. The molecule has 1 aliphatic rings. The first-order chi connectivity index (χ1) is 13.1. The number of para-hydroxylation sites is 1. The number of carbonyl (C=O) groups is 1. The molecule has 0 aliphatic carbocycles. The van der Waals surface area contributed by atoms with Crippen molar-refractivity contribution >= 4 is 22.8 Å². The fourth-order valence-electron chi connectivity index (χ4n) is 3.24. The molecule has 4 N–H and O–H groups in total. The van der Waals surface area contributed by atoms with Crippen molar-refractivity contribution in [2.75, 3.05) is 18.4 Å². The molecule has 1 unspecified atom stereocenters. The minimum atomic E-state index is -0.488. The molecule has 2 aromatic heterocycles. The van der Waals surface area contributed by atoms with E-state index in [1.54, 1.807) is 11.0 Å². The summed E-state index contributed by atoms with van der Waals surface area (Å²) in [4.78, 5) is 36.7. The topological polar surface area (TPSA) is 130 Å². The number of nitrogens with zero attached hydrogens (tertiary/aromatic N) is 3. The summed E-state index contributed by atoms with van der Waals surface area (Å²) in [6, 6.07) is 5.49. The minimum Gasteiger partial charge on any atom is -0.407 e. The van der Waals surface area contributed by atoms with Crippen LogP contribution in [0.2, 0.25) is 0 Å². The van der Waals surface area contributed by atoms with Crippen LogP contribution in [0.25, 0.3) is 11.1 Å². The van der Waals surface area contributed by atoms with Crippen molar-refractivity contribution in [1.29, 1.82) is 0 Å². The van der Waals surface area contributed by atoms with Gasteiger partial charge in [0.2, 0.25) is 0 Å². The summed E-state index contributed by atoms with van der Waals surface area (Å²) in [5, 5.41) is 3.12. The van der Waals surface area contributed by atoms with Crippen LogP contribution in [-0.4, -0.2) is 44.9 Å². The number of amides is 1. The van der Waals surface area contributed by atoms with Crippen molar-refractivity contribution in [3.05, 3.63) is 52.4 Å². The number of piperidine rings is 1. The Morgan fingerprint density at radius 1 is 1.37 bits per heavy atom. The number of benzene rings is 1. The molecule has 4 rings (SSSR count). The molecule has 1 atom stereocenters. The molecule has 3 heterocycles. The second-order valence-electron chi connectivity index (χ2n) is 6.60. The fourth-order valence-corrected chi connectivity index (χ4v) is 3.24. The van der Waals surface area contributed by atoms with Crippen LogP contribution in [0.4, 0.5) is 5.82 Å². The Balaban J connectivity index is 1.43. The first-order valence-electron chi connectivity index (χ1n) is 8.81. The Kier molecular flexibility index (Phi) is 4.59. The van der Waals surface area contributed by atoms with E-state index in [2.05, 4.69) is 20.3 Å². The summed E-state index contributed by atoms with van der Waals surface area (Å²) in [6.45, 7) is 1.65. The number of aromatic nitrogens is 3. The molecule has 0 bridgehead atoms. The van der Waals surface area contributed by atoms with E-state index >= 15 is 0 Å². The Labute approximate surface area is 154 Å². The molecule has 0 radical (unpaired) electrons. The van der Waals surface area contributed by atoms with Gasteiger partial charge >= 0.3 is 5.76 Å². The van der Waals surface area contributed by atoms with Crippen LogP contribution in [0.1, 0.15) is 28.9 Å². The van der Waals surface area contributed by atoms with Crippen LogP contribution in [0.3, 0.4) is 0 Å². The van der Waals surface area contributed by atoms with Crippen LogP contribution in [0.5, 0.6) is 0 Å². The molecule has 9 nitrogen and oxygen atoms in total. The van der Waals surface area contributed by atoms with Gasteiger partial charge in [-0.05, 0) is 18.9 Å². The van der Waals surface area contributed by atoms with E-state index in [1.165, 1.54) is 12.4 Å². The number of nitrogens with one attached hydrogen (secondary N) is 2. The van der Waals surface area contributed by atoms with E-state index in [0.29, 0.717) is 42.2 Å². The summed E-state index contributed by atoms with van der Waals surface area (Å²) in [5.74, 6) is -0.114. The highest BCUT2D eigenvalue weighted by molar-refractivity contribution is 5.92. The zero-order valence-corrected chi connectivity index (χ0v) is 14.6. The van der Waals surface area contributed by atoms with Gasteiger partial charge < -0.3 is 20.4 Å². The largest absolute Gasteiger partial charge is 0.417 e. The maximum Gasteiger partial charge on any atom is 0.417 e. The Bertz CT molecular complexity index is 1010. The molecular formula is C18H20N6O3. The van der Waals surface area contributed by atoms with Gasteiger partial charge in [0.1, 0.15) is 11.5 Å². The standard InChI is InChI=1S/C18H20N6O3/c19-12-4-2-6-24(10-12)17(25)14-8-22-15(9-20-14)21-7-11-3-1-5-13-16(11)27-18(26)23-13/h1,3,5,8-9,12H,2,4,6-7,10,19H2,(H,21,22)(H,23,26). The molecule has 27 heavy (non-hydrogen) atoms. The minimum absolute atomic E-state index is 0.0211. The van der Waals surface area contributed by atoms with Crippen LogP contribution in [0, 0.1) is 0 Å². The highest BCUT2D eigenvalue weighted by Crippen LogP contribution is 2.17. The molecule has 0 saturated carbocycles. The monoisotopic (exact) mass is 368 g/mol. The number of likely N-dealkylation sites (tertiary alicyclic amines) is 1. The van der Waals surface area contributed by atoms with Gasteiger partial charge in [-0.2, -0.15) is 0 Å². The lowest BCUT2D eigenvalue weighted by atomic mass is 10.1. The Morgan fingerprint density at radius 2 is 2.26 bits per heavy atom. The molecule has 1 saturated heterocycles. The van der Waals surface area contributed by atoms with Gasteiger partial charge in [-0.3, -0.25) is 9.78 Å².